The number of nitrogens with zero attached hydrogens (tertiary/aromatic N) is 3. The number of nitro groups is 2. The van der Waals surface area contributed by atoms with E-state index in [1.54, 1.807) is 29.8 Å². The molecule has 0 aliphatic rings. The van der Waals surface area contributed by atoms with Crippen LogP contribution in [0.2, 0.25) is 0 Å². The third-order valence-corrected chi connectivity index (χ3v) is 9.05. The lowest BCUT2D eigenvalue weighted by Gasteiger charge is -2.11. The summed E-state index contributed by atoms with van der Waals surface area (Å²) in [5.41, 5.74) is 0. The van der Waals surface area contributed by atoms with Gasteiger partial charge in [0, 0.05) is 37.7 Å². The summed E-state index contributed by atoms with van der Waals surface area (Å²) in [6.45, 7) is 3.45. The molecule has 0 aliphatic carbocycles. The van der Waals surface area contributed by atoms with Gasteiger partial charge in [-0.15, -0.1) is 0 Å². The van der Waals surface area contributed by atoms with Crippen molar-refractivity contribution < 1.29 is 18.7 Å². The van der Waals surface area contributed by atoms with Gasteiger partial charge >= 0.3 is 0 Å². The van der Waals surface area contributed by atoms with Gasteiger partial charge in [-0.1, -0.05) is 51.4 Å². The highest BCUT2D eigenvalue weighted by Crippen LogP contribution is 2.16. The van der Waals surface area contributed by atoms with Crippen molar-refractivity contribution in [2.45, 2.75) is 82.3 Å². The zero-order valence-corrected chi connectivity index (χ0v) is 30.2. The zero-order valence-electron chi connectivity index (χ0n) is 28.6. The van der Waals surface area contributed by atoms with Gasteiger partial charge in [0.15, 0.2) is 11.6 Å². The van der Waals surface area contributed by atoms with Gasteiger partial charge in [0.05, 0.1) is 34.2 Å². The molecular formula is C33H55N7O6S2. The summed E-state index contributed by atoms with van der Waals surface area (Å²) < 4.78 is 11.1. The van der Waals surface area contributed by atoms with E-state index in [1.165, 1.54) is 25.7 Å². The number of rotatable bonds is 31. The number of unbranched alkanes of at least 4 members (excludes halogenated alkanes) is 9. The van der Waals surface area contributed by atoms with Gasteiger partial charge in [0.25, 0.3) is 12.4 Å². The van der Waals surface area contributed by atoms with Crippen molar-refractivity contribution in [1.82, 2.24) is 26.2 Å². The molecule has 0 radical (unpaired) electrons. The molecule has 2 aromatic rings. The smallest absolute Gasteiger partial charge is 0.274 e. The zero-order chi connectivity index (χ0) is 34.7. The van der Waals surface area contributed by atoms with E-state index in [0.717, 1.165) is 97.8 Å². The quantitative estimate of drug-likeness (QED) is 0.0381. The summed E-state index contributed by atoms with van der Waals surface area (Å²) in [5, 5.41) is 34.6. The molecule has 0 aromatic carbocycles. The lowest BCUT2D eigenvalue weighted by atomic mass is 10.1. The average molecular weight is 710 g/mol. The van der Waals surface area contributed by atoms with Crippen molar-refractivity contribution in [3.8, 4) is 0 Å². The van der Waals surface area contributed by atoms with E-state index in [4.69, 9.17) is 8.83 Å². The Bertz CT molecular complexity index is 1190. The summed E-state index contributed by atoms with van der Waals surface area (Å²) >= 11 is 3.44. The minimum absolute atomic E-state index is 0.428. The second kappa shape index (κ2) is 26.6. The Hall–Kier alpha value is -3.30. The van der Waals surface area contributed by atoms with Gasteiger partial charge in [0.1, 0.15) is 17.3 Å². The molecule has 0 saturated carbocycles. The van der Waals surface area contributed by atoms with E-state index < -0.39 is 9.85 Å². The summed E-state index contributed by atoms with van der Waals surface area (Å²) in [6, 6.07) is 7.81. The second-order valence-corrected chi connectivity index (χ2v) is 13.9. The molecule has 0 atom stereocenters. The van der Waals surface area contributed by atoms with Crippen molar-refractivity contribution in [3.63, 3.8) is 0 Å². The molecule has 13 nitrogen and oxygen atoms in total. The number of nitrogens with one attached hydrogen (secondary N) is 4. The van der Waals surface area contributed by atoms with Crippen LogP contribution in [-0.2, 0) is 18.1 Å². The Balaban J connectivity index is 1.41. The van der Waals surface area contributed by atoms with Crippen LogP contribution in [0.25, 0.3) is 0 Å². The third-order valence-electron chi connectivity index (χ3n) is 7.09. The molecule has 270 valence electrons. The highest BCUT2D eigenvalue weighted by Gasteiger charge is 2.06. The van der Waals surface area contributed by atoms with Crippen molar-refractivity contribution in [3.05, 3.63) is 92.1 Å². The fourth-order valence-corrected chi connectivity index (χ4v) is 6.28. The standard InChI is InChI=1S/C33H55N7O6S2/c1-38(2)24-29-15-16-31(46-29)28-48-23-20-37-33(26-40(43)44)35-18-12-10-8-6-4-3-5-7-9-11-17-34-32(25-39(41)42)36-19-22-47-27-30-14-13-21-45-30/h13-16,21,25-26,34-37H,3-12,17-20,22-24,27-28H2,1-2H3/b32-25+,33-26+. The molecule has 2 rings (SSSR count). The summed E-state index contributed by atoms with van der Waals surface area (Å²) in [4.78, 5) is 23.2. The first-order chi connectivity index (χ1) is 23.3. The lowest BCUT2D eigenvalue weighted by Crippen LogP contribution is -2.29. The van der Waals surface area contributed by atoms with Crippen LogP contribution in [0.15, 0.2) is 63.4 Å². The molecule has 0 fully saturated rings. The Morgan fingerprint density at radius 2 is 1.15 bits per heavy atom. The molecular weight excluding hydrogens is 655 g/mol. The minimum Gasteiger partial charge on any atom is -0.468 e. The van der Waals surface area contributed by atoms with Crippen molar-refractivity contribution in [1.29, 1.82) is 0 Å². The fraction of sp³-hybridized carbons (Fsp3) is 0.636. The van der Waals surface area contributed by atoms with Crippen LogP contribution < -0.4 is 21.3 Å². The van der Waals surface area contributed by atoms with Crippen molar-refractivity contribution in [2.75, 3.05) is 51.8 Å². The first-order valence-corrected chi connectivity index (χ1v) is 19.2. The van der Waals surface area contributed by atoms with E-state index in [9.17, 15) is 20.2 Å². The Kier molecular flexibility index (Phi) is 22.7. The van der Waals surface area contributed by atoms with Crippen LogP contribution in [0.5, 0.6) is 0 Å². The molecule has 0 saturated heterocycles. The first kappa shape index (κ1) is 40.9. The number of hydrogen-bond donors (Lipinski definition) is 4. The van der Waals surface area contributed by atoms with Gasteiger partial charge < -0.3 is 35.0 Å². The highest BCUT2D eigenvalue weighted by molar-refractivity contribution is 7.98. The SMILES string of the molecule is CN(C)Cc1ccc(CSCCN/C(=C/[N+](=O)[O-])NCCCCCCCCCCCCN/C(=C\[N+](=O)[O-])NCCSCc2ccco2)o1. The predicted molar refractivity (Wildman–Crippen MR) is 195 cm³/mol. The molecule has 48 heavy (non-hydrogen) atoms. The van der Waals surface area contributed by atoms with Crippen LogP contribution in [0, 0.1) is 20.2 Å². The Morgan fingerprint density at radius 3 is 1.60 bits per heavy atom. The van der Waals surface area contributed by atoms with E-state index >= 15 is 0 Å². The van der Waals surface area contributed by atoms with Gasteiger partial charge in [-0.25, -0.2) is 0 Å². The van der Waals surface area contributed by atoms with Gasteiger partial charge in [-0.05, 0) is 51.2 Å². The molecule has 15 heteroatoms. The number of thioether (sulfide) groups is 2. The van der Waals surface area contributed by atoms with Gasteiger partial charge in [0.2, 0.25) is 0 Å². The van der Waals surface area contributed by atoms with Gasteiger partial charge in [-0.2, -0.15) is 23.5 Å². The Labute approximate surface area is 293 Å². The number of furan rings is 2. The first-order valence-electron chi connectivity index (χ1n) is 16.9. The van der Waals surface area contributed by atoms with E-state index in [-0.39, 0.29) is 0 Å². The van der Waals surface area contributed by atoms with E-state index in [1.807, 2.05) is 38.4 Å². The third kappa shape index (κ3) is 22.3. The maximum atomic E-state index is 11.0. The molecule has 4 N–H and O–H groups in total. The Morgan fingerprint density at radius 1 is 0.688 bits per heavy atom. The van der Waals surface area contributed by atoms with Crippen LogP contribution >= 0.6 is 23.5 Å². The van der Waals surface area contributed by atoms with E-state index in [0.29, 0.717) is 37.8 Å². The molecule has 0 amide bonds. The summed E-state index contributed by atoms with van der Waals surface area (Å²) in [6.07, 6.45) is 14.9. The summed E-state index contributed by atoms with van der Waals surface area (Å²) in [5.74, 6) is 6.92. The van der Waals surface area contributed by atoms with Crippen molar-refractivity contribution >= 4 is 23.5 Å². The largest absolute Gasteiger partial charge is 0.468 e. The van der Waals surface area contributed by atoms with Crippen LogP contribution in [0.4, 0.5) is 0 Å². The normalized spacial score (nSPS) is 12.0. The molecule has 0 spiro atoms. The second-order valence-electron chi connectivity index (χ2n) is 11.7. The van der Waals surface area contributed by atoms with E-state index in [2.05, 4.69) is 26.2 Å². The van der Waals surface area contributed by atoms with Crippen molar-refractivity contribution in [2.24, 2.45) is 0 Å². The van der Waals surface area contributed by atoms with Crippen LogP contribution in [0.1, 0.15) is 81.5 Å². The van der Waals surface area contributed by atoms with Crippen LogP contribution in [0.3, 0.4) is 0 Å². The van der Waals surface area contributed by atoms with Crippen LogP contribution in [-0.4, -0.2) is 66.5 Å². The molecule has 0 bridgehead atoms. The monoisotopic (exact) mass is 709 g/mol. The summed E-state index contributed by atoms with van der Waals surface area (Å²) in [7, 11) is 4.01. The van der Waals surface area contributed by atoms with Gasteiger partial charge in [-0.3, -0.25) is 20.2 Å². The minimum atomic E-state index is -0.433. The molecule has 2 heterocycles. The lowest BCUT2D eigenvalue weighted by molar-refractivity contribution is -0.404. The predicted octanol–water partition coefficient (Wildman–Crippen LogP) is 6.51. The maximum Gasteiger partial charge on any atom is 0.274 e. The molecule has 0 unspecified atom stereocenters. The average Bonchev–Trinajstić information content (AvgIpc) is 3.72. The topological polar surface area (TPSA) is 164 Å². The fourth-order valence-electron chi connectivity index (χ4n) is 4.78. The maximum absolute atomic E-state index is 11.0. The highest BCUT2D eigenvalue weighted by atomic mass is 32.2. The molecule has 0 aliphatic heterocycles. The molecule has 2 aromatic heterocycles. The number of hydrogen-bond acceptors (Lipinski definition) is 13.